The van der Waals surface area contributed by atoms with Crippen LogP contribution in [0.2, 0.25) is 5.02 Å². The summed E-state index contributed by atoms with van der Waals surface area (Å²) in [5, 5.41) is 14.0. The molecule has 0 fully saturated rings. The Morgan fingerprint density at radius 1 is 1.24 bits per heavy atom. The normalized spacial score (nSPS) is 10.4. The number of hydrogen-bond acceptors (Lipinski definition) is 4. The predicted molar refractivity (Wildman–Crippen MR) is 82.1 cm³/mol. The van der Waals surface area contributed by atoms with Gasteiger partial charge in [0.05, 0.1) is 9.95 Å². The molecule has 0 aromatic heterocycles. The Hall–Kier alpha value is -2.11. The number of aryl methyl sites for hydroxylation is 1. The molecule has 110 valence electrons. The van der Waals surface area contributed by atoms with Crippen LogP contribution in [0.3, 0.4) is 0 Å². The first-order chi connectivity index (χ1) is 10.0. The molecular formula is C15H15ClN2O3. The predicted octanol–water partition coefficient (Wildman–Crippen LogP) is 4.07. The second-order valence-electron chi connectivity index (χ2n) is 4.60. The Kier molecular flexibility index (Phi) is 4.77. The summed E-state index contributed by atoms with van der Waals surface area (Å²) >= 11 is 6.03. The van der Waals surface area contributed by atoms with Gasteiger partial charge in [-0.2, -0.15) is 0 Å². The Morgan fingerprint density at radius 2 is 2.00 bits per heavy atom. The summed E-state index contributed by atoms with van der Waals surface area (Å²) in [7, 11) is 1.87. The summed E-state index contributed by atoms with van der Waals surface area (Å²) in [6, 6.07) is 10.0. The van der Waals surface area contributed by atoms with Crippen molar-refractivity contribution in [2.24, 2.45) is 0 Å². The zero-order valence-corrected chi connectivity index (χ0v) is 12.5. The Bertz CT molecular complexity index is 674. The molecular weight excluding hydrogens is 292 g/mol. The highest BCUT2D eigenvalue weighted by molar-refractivity contribution is 6.32. The fourth-order valence-electron chi connectivity index (χ4n) is 1.87. The van der Waals surface area contributed by atoms with Crippen molar-refractivity contribution in [2.75, 3.05) is 7.05 Å². The van der Waals surface area contributed by atoms with Gasteiger partial charge in [0.25, 0.3) is 5.69 Å². The molecule has 1 N–H and O–H groups in total. The minimum absolute atomic E-state index is 0.0620. The smallest absolute Gasteiger partial charge is 0.271 e. The molecule has 5 nitrogen and oxygen atoms in total. The lowest BCUT2D eigenvalue weighted by Crippen LogP contribution is -2.05. The number of nitrogens with zero attached hydrogens (tertiary/aromatic N) is 1. The first kappa shape index (κ1) is 15.3. The van der Waals surface area contributed by atoms with E-state index in [2.05, 4.69) is 5.32 Å². The van der Waals surface area contributed by atoms with Crippen LogP contribution >= 0.6 is 11.6 Å². The van der Waals surface area contributed by atoms with Crippen LogP contribution < -0.4 is 10.1 Å². The molecule has 0 radical (unpaired) electrons. The van der Waals surface area contributed by atoms with Crippen LogP contribution in [0.25, 0.3) is 0 Å². The average Bonchev–Trinajstić information content (AvgIpc) is 2.44. The number of benzene rings is 2. The summed E-state index contributed by atoms with van der Waals surface area (Å²) in [6.45, 7) is 2.66. The fraction of sp³-hybridized carbons (Fsp3) is 0.200. The van der Waals surface area contributed by atoms with Gasteiger partial charge in [-0.1, -0.05) is 23.7 Å². The summed E-state index contributed by atoms with van der Waals surface area (Å²) in [5.41, 5.74) is 1.98. The SMILES string of the molecule is CNCc1ccc(C)c(Oc2ccc([N+](=O)[O-])cc2Cl)c1. The zero-order chi connectivity index (χ0) is 15.4. The van der Waals surface area contributed by atoms with E-state index >= 15 is 0 Å². The molecule has 0 atom stereocenters. The maximum absolute atomic E-state index is 10.7. The van der Waals surface area contributed by atoms with Gasteiger partial charge in [0.2, 0.25) is 0 Å². The van der Waals surface area contributed by atoms with Gasteiger partial charge in [0.15, 0.2) is 0 Å². The van der Waals surface area contributed by atoms with Crippen LogP contribution in [0, 0.1) is 17.0 Å². The molecule has 0 aliphatic carbocycles. The highest BCUT2D eigenvalue weighted by Crippen LogP contribution is 2.34. The number of rotatable bonds is 5. The van der Waals surface area contributed by atoms with Crippen molar-refractivity contribution < 1.29 is 9.66 Å². The molecule has 2 aromatic carbocycles. The van der Waals surface area contributed by atoms with Crippen molar-refractivity contribution in [1.29, 1.82) is 0 Å². The molecule has 21 heavy (non-hydrogen) atoms. The third-order valence-electron chi connectivity index (χ3n) is 2.98. The fourth-order valence-corrected chi connectivity index (χ4v) is 2.09. The van der Waals surface area contributed by atoms with E-state index in [4.69, 9.17) is 16.3 Å². The number of non-ortho nitro benzene ring substituents is 1. The Morgan fingerprint density at radius 3 is 2.62 bits per heavy atom. The molecule has 6 heteroatoms. The van der Waals surface area contributed by atoms with E-state index in [1.165, 1.54) is 18.2 Å². The molecule has 0 amide bonds. The molecule has 0 heterocycles. The summed E-state index contributed by atoms with van der Waals surface area (Å²) in [6.07, 6.45) is 0. The quantitative estimate of drug-likeness (QED) is 0.668. The number of hydrogen-bond donors (Lipinski definition) is 1. The lowest BCUT2D eigenvalue weighted by molar-refractivity contribution is -0.384. The van der Waals surface area contributed by atoms with E-state index in [-0.39, 0.29) is 10.7 Å². The Balaban J connectivity index is 2.29. The summed E-state index contributed by atoms with van der Waals surface area (Å²) in [4.78, 5) is 10.2. The second kappa shape index (κ2) is 6.56. The van der Waals surface area contributed by atoms with E-state index < -0.39 is 4.92 Å². The number of nitro benzene ring substituents is 1. The largest absolute Gasteiger partial charge is 0.456 e. The van der Waals surface area contributed by atoms with Gasteiger partial charge in [-0.25, -0.2) is 0 Å². The number of ether oxygens (including phenoxy) is 1. The van der Waals surface area contributed by atoms with Gasteiger partial charge in [-0.15, -0.1) is 0 Å². The van der Waals surface area contributed by atoms with Gasteiger partial charge in [-0.05, 0) is 37.2 Å². The highest BCUT2D eigenvalue weighted by Gasteiger charge is 2.12. The number of nitrogens with one attached hydrogen (secondary N) is 1. The lowest BCUT2D eigenvalue weighted by Gasteiger charge is -2.11. The average molecular weight is 307 g/mol. The lowest BCUT2D eigenvalue weighted by atomic mass is 10.1. The topological polar surface area (TPSA) is 64.4 Å². The Labute approximate surface area is 127 Å². The monoisotopic (exact) mass is 306 g/mol. The third-order valence-corrected chi connectivity index (χ3v) is 3.28. The second-order valence-corrected chi connectivity index (χ2v) is 5.01. The molecule has 0 spiro atoms. The van der Waals surface area contributed by atoms with Crippen molar-refractivity contribution in [3.8, 4) is 11.5 Å². The third kappa shape index (κ3) is 3.71. The standard InChI is InChI=1S/C15H15ClN2O3/c1-10-3-4-11(9-17-2)7-15(10)21-14-6-5-12(18(19)20)8-13(14)16/h3-8,17H,9H2,1-2H3. The van der Waals surface area contributed by atoms with Crippen molar-refractivity contribution in [3.63, 3.8) is 0 Å². The van der Waals surface area contributed by atoms with Gasteiger partial charge in [0.1, 0.15) is 11.5 Å². The molecule has 0 aliphatic rings. The van der Waals surface area contributed by atoms with E-state index in [0.717, 1.165) is 17.7 Å². The van der Waals surface area contributed by atoms with Crippen LogP contribution in [0.15, 0.2) is 36.4 Å². The molecule has 0 unspecified atom stereocenters. The summed E-state index contributed by atoms with van der Waals surface area (Å²) in [5.74, 6) is 1.07. The van der Waals surface area contributed by atoms with Crippen molar-refractivity contribution in [2.45, 2.75) is 13.5 Å². The first-order valence-electron chi connectivity index (χ1n) is 6.37. The van der Waals surface area contributed by atoms with Gasteiger partial charge in [-0.3, -0.25) is 10.1 Å². The molecule has 2 rings (SSSR count). The maximum atomic E-state index is 10.7. The summed E-state index contributed by atoms with van der Waals surface area (Å²) < 4.78 is 5.78. The molecule has 2 aromatic rings. The van der Waals surface area contributed by atoms with Crippen molar-refractivity contribution in [1.82, 2.24) is 5.32 Å². The van der Waals surface area contributed by atoms with E-state index in [0.29, 0.717) is 11.5 Å². The van der Waals surface area contributed by atoms with Gasteiger partial charge >= 0.3 is 0 Å². The number of halogens is 1. The van der Waals surface area contributed by atoms with Crippen molar-refractivity contribution >= 4 is 17.3 Å². The van der Waals surface area contributed by atoms with E-state index in [1.54, 1.807) is 0 Å². The van der Waals surface area contributed by atoms with Gasteiger partial charge < -0.3 is 10.1 Å². The molecule has 0 bridgehead atoms. The molecule has 0 saturated heterocycles. The maximum Gasteiger partial charge on any atom is 0.271 e. The van der Waals surface area contributed by atoms with E-state index in [9.17, 15) is 10.1 Å². The first-order valence-corrected chi connectivity index (χ1v) is 6.75. The molecule has 0 aliphatic heterocycles. The van der Waals surface area contributed by atoms with Crippen LogP contribution in [-0.4, -0.2) is 12.0 Å². The highest BCUT2D eigenvalue weighted by atomic mass is 35.5. The van der Waals surface area contributed by atoms with Crippen LogP contribution in [0.4, 0.5) is 5.69 Å². The van der Waals surface area contributed by atoms with Crippen molar-refractivity contribution in [3.05, 3.63) is 62.7 Å². The van der Waals surface area contributed by atoms with Crippen LogP contribution in [-0.2, 0) is 6.54 Å². The van der Waals surface area contributed by atoms with Gasteiger partial charge in [0, 0.05) is 18.7 Å². The van der Waals surface area contributed by atoms with Crippen LogP contribution in [0.5, 0.6) is 11.5 Å². The minimum Gasteiger partial charge on any atom is -0.456 e. The minimum atomic E-state index is -0.492. The molecule has 0 saturated carbocycles. The van der Waals surface area contributed by atoms with Crippen LogP contribution in [0.1, 0.15) is 11.1 Å². The van der Waals surface area contributed by atoms with E-state index in [1.807, 2.05) is 32.2 Å². The zero-order valence-electron chi connectivity index (χ0n) is 11.7. The number of nitro groups is 1.